The molecule has 0 amide bonds. The van der Waals surface area contributed by atoms with Crippen LogP contribution < -0.4 is 16.2 Å². The maximum absolute atomic E-state index is 12.8. The minimum Gasteiger partial charge on any atom is -0.504 e. The van der Waals surface area contributed by atoms with Crippen LogP contribution in [0.15, 0.2) is 35.4 Å². The van der Waals surface area contributed by atoms with Crippen LogP contribution in [0.5, 0.6) is 11.5 Å². The average molecular weight is 604 g/mol. The lowest BCUT2D eigenvalue weighted by molar-refractivity contribution is -0.117. The summed E-state index contributed by atoms with van der Waals surface area (Å²) < 4.78 is 12.5. The highest BCUT2D eigenvalue weighted by Crippen LogP contribution is 2.49. The van der Waals surface area contributed by atoms with Crippen LogP contribution in [-0.4, -0.2) is 48.0 Å². The van der Waals surface area contributed by atoms with Gasteiger partial charge in [-0.25, -0.2) is 4.99 Å². The van der Waals surface area contributed by atoms with E-state index in [1.54, 1.807) is 20.1 Å². The Morgan fingerprint density at radius 2 is 1.95 bits per heavy atom. The molecule has 5 atom stereocenters. The number of hydrogen-bond acceptors (Lipinski definition) is 6. The number of rotatable bonds is 13. The molecule has 0 radical (unpaired) electrons. The summed E-state index contributed by atoms with van der Waals surface area (Å²) in [5.74, 6) is 7.03. The van der Waals surface area contributed by atoms with Crippen molar-refractivity contribution < 1.29 is 24.2 Å². The van der Waals surface area contributed by atoms with E-state index in [9.17, 15) is 14.7 Å². The van der Waals surface area contributed by atoms with Crippen molar-refractivity contribution in [2.75, 3.05) is 7.11 Å². The number of nitrogens with zero attached hydrogens (tertiary/aromatic N) is 1. The highest BCUT2D eigenvalue weighted by molar-refractivity contribution is 5.89. The molecule has 0 unspecified atom stereocenters. The van der Waals surface area contributed by atoms with E-state index in [-0.39, 0.29) is 59.3 Å². The molecule has 2 bridgehead atoms. The van der Waals surface area contributed by atoms with Crippen molar-refractivity contribution in [1.82, 2.24) is 0 Å². The molecule has 3 aliphatic carbocycles. The second kappa shape index (κ2) is 15.9. The van der Waals surface area contributed by atoms with Gasteiger partial charge in [-0.2, -0.15) is 0 Å². The lowest BCUT2D eigenvalue weighted by Crippen LogP contribution is -2.37. The van der Waals surface area contributed by atoms with Gasteiger partial charge in [0.2, 0.25) is 0 Å². The van der Waals surface area contributed by atoms with Crippen molar-refractivity contribution in [2.45, 2.75) is 115 Å². The molecule has 1 fully saturated rings. The van der Waals surface area contributed by atoms with Gasteiger partial charge >= 0.3 is 0 Å². The van der Waals surface area contributed by atoms with E-state index in [0.29, 0.717) is 55.4 Å². The zero-order valence-electron chi connectivity index (χ0n) is 26.5. The van der Waals surface area contributed by atoms with Gasteiger partial charge in [-0.15, -0.1) is 0 Å². The van der Waals surface area contributed by atoms with Crippen LogP contribution in [0.1, 0.15) is 107 Å². The minimum absolute atomic E-state index is 0.0104. The number of ketones is 2. The van der Waals surface area contributed by atoms with Crippen molar-refractivity contribution in [3.05, 3.63) is 47.1 Å². The van der Waals surface area contributed by atoms with Crippen molar-refractivity contribution in [2.24, 2.45) is 28.3 Å². The van der Waals surface area contributed by atoms with E-state index in [2.05, 4.69) is 35.9 Å². The number of ether oxygens (including phenoxy) is 2. The van der Waals surface area contributed by atoms with E-state index in [4.69, 9.17) is 20.9 Å². The molecule has 4 rings (SSSR count). The summed E-state index contributed by atoms with van der Waals surface area (Å²) in [6, 6.07) is 1.63. The molecule has 1 aromatic rings. The van der Waals surface area contributed by atoms with E-state index in [1.807, 2.05) is 12.1 Å². The van der Waals surface area contributed by atoms with E-state index < -0.39 is 0 Å². The number of aromatic hydroxyl groups is 1. The van der Waals surface area contributed by atoms with E-state index >= 15 is 0 Å². The topological polar surface area (TPSA) is 137 Å². The summed E-state index contributed by atoms with van der Waals surface area (Å²) in [6.07, 6.45) is 16.2. The SMILES string of the molecule is CCCC=CC(=O)CCc1cc(OC2CCCC2)c(O)c2c1C#CC[C@@H](N=C(N)N)[C@@H]1C=C[C@@H](OC)[C@H](C1)[C@@H]2CCC(C)=O. The number of carbonyl (C=O) groups is 2. The first-order valence-electron chi connectivity index (χ1n) is 16.2. The number of fused-ring (bicyclic) bond motifs is 3. The Hall–Kier alpha value is -3.57. The largest absolute Gasteiger partial charge is 0.504 e. The predicted octanol–water partition coefficient (Wildman–Crippen LogP) is 5.63. The second-order valence-corrected chi connectivity index (χ2v) is 12.5. The van der Waals surface area contributed by atoms with Gasteiger partial charge in [0.25, 0.3) is 0 Å². The number of methoxy groups -OCH3 is 1. The number of aryl methyl sites for hydroxylation is 1. The zero-order chi connectivity index (χ0) is 31.6. The summed E-state index contributed by atoms with van der Waals surface area (Å²) in [4.78, 5) is 29.7. The molecule has 8 nitrogen and oxygen atoms in total. The number of benzene rings is 1. The third-order valence-corrected chi connectivity index (χ3v) is 9.20. The van der Waals surface area contributed by atoms with Crippen LogP contribution in [0.25, 0.3) is 0 Å². The zero-order valence-corrected chi connectivity index (χ0v) is 26.5. The van der Waals surface area contributed by atoms with Crippen molar-refractivity contribution in [1.29, 1.82) is 0 Å². The number of carbonyl (C=O) groups excluding carboxylic acids is 2. The van der Waals surface area contributed by atoms with Crippen LogP contribution in [0, 0.1) is 23.7 Å². The number of Topliss-reactive ketones (excluding diaryl/α,β-unsaturated/α-hetero) is 1. The number of guanidine groups is 1. The molecule has 5 N–H and O–H groups in total. The molecule has 1 aromatic carbocycles. The van der Waals surface area contributed by atoms with Crippen molar-refractivity contribution >= 4 is 17.5 Å². The third kappa shape index (κ3) is 8.53. The number of phenolic OH excluding ortho intramolecular Hbond substituents is 1. The summed E-state index contributed by atoms with van der Waals surface area (Å²) in [7, 11) is 1.69. The summed E-state index contributed by atoms with van der Waals surface area (Å²) in [5, 5.41) is 12.0. The Bertz CT molecular complexity index is 1330. The fourth-order valence-corrected chi connectivity index (χ4v) is 6.94. The Labute approximate surface area is 262 Å². The number of nitrogens with two attached hydrogens (primary N) is 2. The summed E-state index contributed by atoms with van der Waals surface area (Å²) >= 11 is 0. The first-order valence-corrected chi connectivity index (χ1v) is 16.2. The van der Waals surface area contributed by atoms with Crippen LogP contribution >= 0.6 is 0 Å². The minimum atomic E-state index is -0.260. The van der Waals surface area contributed by atoms with E-state index in [1.165, 1.54) is 0 Å². The van der Waals surface area contributed by atoms with Gasteiger partial charge in [-0.3, -0.25) is 4.79 Å². The lowest BCUT2D eigenvalue weighted by atomic mass is 9.68. The molecule has 238 valence electrons. The quantitative estimate of drug-likeness (QED) is 0.0874. The number of unbranched alkanes of at least 4 members (excludes halogenated alkanes) is 1. The Morgan fingerprint density at radius 3 is 2.64 bits per heavy atom. The molecule has 44 heavy (non-hydrogen) atoms. The monoisotopic (exact) mass is 603 g/mol. The standard InChI is InChI=1S/C36H49N3O5/c1-4-5-6-10-26(41)18-16-24-22-33(44-27-11-7-8-12-27)35(42)34-28(24)13-9-14-31(39-36(37)38)25-17-20-32(43-3)30(21-25)29(34)19-15-23(2)40/h6,10,17,20,22,25,27,29-32,42H,4-5,7-8,11-12,14-16,18-19,21H2,1-3H3,(H4,37,38,39)/t25-,29+,30-,31-,32-/m1/s1. The van der Waals surface area contributed by atoms with E-state index in [0.717, 1.165) is 44.1 Å². The molecule has 0 aliphatic heterocycles. The highest BCUT2D eigenvalue weighted by atomic mass is 16.5. The average Bonchev–Trinajstić information content (AvgIpc) is 3.51. The molecular formula is C36H49N3O5. The molecular weight excluding hydrogens is 554 g/mol. The Morgan fingerprint density at radius 1 is 1.18 bits per heavy atom. The van der Waals surface area contributed by atoms with Crippen molar-refractivity contribution in [3.8, 4) is 23.3 Å². The Balaban J connectivity index is 1.90. The fraction of sp³-hybridized carbons (Fsp3) is 0.583. The second-order valence-electron chi connectivity index (χ2n) is 12.5. The Kier molecular flexibility index (Phi) is 12.1. The number of hydrogen-bond donors (Lipinski definition) is 3. The number of phenols is 1. The summed E-state index contributed by atoms with van der Waals surface area (Å²) in [5.41, 5.74) is 13.9. The molecule has 3 aliphatic rings. The molecule has 0 saturated heterocycles. The van der Waals surface area contributed by atoms with Crippen LogP contribution in [0.2, 0.25) is 0 Å². The smallest absolute Gasteiger partial charge is 0.186 e. The maximum Gasteiger partial charge on any atom is 0.186 e. The van der Waals surface area contributed by atoms with Gasteiger partial charge in [0, 0.05) is 43.4 Å². The molecule has 0 heterocycles. The van der Waals surface area contributed by atoms with Crippen LogP contribution in [0.3, 0.4) is 0 Å². The maximum atomic E-state index is 12.8. The van der Waals surface area contributed by atoms with Gasteiger partial charge in [-0.1, -0.05) is 43.4 Å². The van der Waals surface area contributed by atoms with Crippen LogP contribution in [-0.2, 0) is 20.7 Å². The number of allylic oxidation sites excluding steroid dienone is 2. The molecule has 0 aromatic heterocycles. The highest BCUT2D eigenvalue weighted by Gasteiger charge is 2.40. The first kappa shape index (κ1) is 33.3. The molecule has 0 spiro atoms. The van der Waals surface area contributed by atoms with Gasteiger partial charge in [0.15, 0.2) is 23.2 Å². The number of aliphatic imine (C=N–C) groups is 1. The first-order chi connectivity index (χ1) is 21.2. The van der Waals surface area contributed by atoms with Gasteiger partial charge in [-0.05, 0) is 87.8 Å². The predicted molar refractivity (Wildman–Crippen MR) is 174 cm³/mol. The lowest BCUT2D eigenvalue weighted by Gasteiger charge is -2.39. The molecule has 8 heteroatoms. The van der Waals surface area contributed by atoms with Gasteiger partial charge < -0.3 is 30.8 Å². The van der Waals surface area contributed by atoms with Crippen molar-refractivity contribution in [3.63, 3.8) is 0 Å². The van der Waals surface area contributed by atoms with Gasteiger partial charge in [0.05, 0.1) is 18.2 Å². The van der Waals surface area contributed by atoms with Gasteiger partial charge in [0.1, 0.15) is 5.78 Å². The normalized spacial score (nSPS) is 24.8. The summed E-state index contributed by atoms with van der Waals surface area (Å²) in [6.45, 7) is 3.67. The third-order valence-electron chi connectivity index (χ3n) is 9.20. The molecule has 1 saturated carbocycles. The van der Waals surface area contributed by atoms with Crippen LogP contribution in [0.4, 0.5) is 0 Å². The fourth-order valence-electron chi connectivity index (χ4n) is 6.94.